The highest BCUT2D eigenvalue weighted by atomic mass is 79.9. The van der Waals surface area contributed by atoms with Crippen molar-refractivity contribution in [3.8, 4) is 0 Å². The van der Waals surface area contributed by atoms with Crippen molar-refractivity contribution in [2.75, 3.05) is 7.05 Å². The molecule has 0 unspecified atom stereocenters. The Balaban J connectivity index is 2.13. The van der Waals surface area contributed by atoms with Gasteiger partial charge >= 0.3 is 5.69 Å². The van der Waals surface area contributed by atoms with Crippen LogP contribution in [0.25, 0.3) is 0 Å². The number of amides is 1. The van der Waals surface area contributed by atoms with Gasteiger partial charge in [0.1, 0.15) is 17.9 Å². The Labute approximate surface area is 141 Å². The first-order valence-electron chi connectivity index (χ1n) is 6.81. The van der Waals surface area contributed by atoms with E-state index < -0.39 is 4.92 Å². The number of aryl methyl sites for hydroxylation is 2. The SMILES string of the molecule is Cc1nn(CC(=O)N(C)Cc2c(Br)cnn2C)c(C)c1[N+](=O)[O-]. The summed E-state index contributed by atoms with van der Waals surface area (Å²) in [6, 6.07) is 0. The van der Waals surface area contributed by atoms with Crippen LogP contribution in [0.3, 0.4) is 0 Å². The second kappa shape index (κ2) is 6.49. The molecule has 124 valence electrons. The van der Waals surface area contributed by atoms with E-state index in [1.807, 2.05) is 0 Å². The van der Waals surface area contributed by atoms with Crippen LogP contribution in [0.4, 0.5) is 5.69 Å². The first-order valence-corrected chi connectivity index (χ1v) is 7.60. The molecule has 0 aliphatic carbocycles. The molecule has 0 saturated carbocycles. The fraction of sp³-hybridized carbons (Fsp3) is 0.462. The molecule has 0 N–H and O–H groups in total. The molecule has 0 aromatic carbocycles. The third-order valence-electron chi connectivity index (χ3n) is 3.63. The minimum absolute atomic E-state index is 0.0465. The standard InChI is InChI=1S/C13H17BrN6O3/c1-8-13(20(22)23)9(2)19(16-8)7-12(21)17(3)6-11-10(14)5-15-18(11)4/h5H,6-7H2,1-4H3. The van der Waals surface area contributed by atoms with Gasteiger partial charge in [-0.1, -0.05) is 0 Å². The van der Waals surface area contributed by atoms with Crippen LogP contribution in [0, 0.1) is 24.0 Å². The van der Waals surface area contributed by atoms with Crippen molar-refractivity contribution in [1.82, 2.24) is 24.5 Å². The molecule has 9 nitrogen and oxygen atoms in total. The molecular weight excluding hydrogens is 368 g/mol. The third kappa shape index (κ3) is 3.41. The van der Waals surface area contributed by atoms with Gasteiger partial charge in [0.2, 0.25) is 5.91 Å². The van der Waals surface area contributed by atoms with E-state index in [0.717, 1.165) is 10.2 Å². The Hall–Kier alpha value is -2.23. The average molecular weight is 385 g/mol. The number of carbonyl (C=O) groups is 1. The third-order valence-corrected chi connectivity index (χ3v) is 4.30. The topological polar surface area (TPSA) is 99.1 Å². The van der Waals surface area contributed by atoms with Gasteiger partial charge in [0.25, 0.3) is 0 Å². The zero-order valence-corrected chi connectivity index (χ0v) is 14.9. The lowest BCUT2D eigenvalue weighted by Gasteiger charge is -2.18. The first-order chi connectivity index (χ1) is 10.7. The highest BCUT2D eigenvalue weighted by Gasteiger charge is 2.24. The quantitative estimate of drug-likeness (QED) is 0.575. The maximum Gasteiger partial charge on any atom is 0.312 e. The maximum atomic E-state index is 12.4. The molecule has 1 amide bonds. The summed E-state index contributed by atoms with van der Waals surface area (Å²) < 4.78 is 3.87. The summed E-state index contributed by atoms with van der Waals surface area (Å²) in [6.07, 6.45) is 1.66. The van der Waals surface area contributed by atoms with Gasteiger partial charge in [-0.05, 0) is 29.8 Å². The Kier molecular flexibility index (Phi) is 4.83. The minimum Gasteiger partial charge on any atom is -0.338 e. The van der Waals surface area contributed by atoms with Crippen molar-refractivity contribution in [1.29, 1.82) is 0 Å². The Morgan fingerprint density at radius 2 is 2.13 bits per heavy atom. The largest absolute Gasteiger partial charge is 0.338 e. The monoisotopic (exact) mass is 384 g/mol. The Morgan fingerprint density at radius 1 is 1.48 bits per heavy atom. The van der Waals surface area contributed by atoms with E-state index in [4.69, 9.17) is 0 Å². The molecule has 2 rings (SSSR count). The van der Waals surface area contributed by atoms with Crippen molar-refractivity contribution in [3.63, 3.8) is 0 Å². The molecule has 0 bridgehead atoms. The molecule has 0 aliphatic rings. The average Bonchev–Trinajstić information content (AvgIpc) is 2.92. The molecule has 0 spiro atoms. The van der Waals surface area contributed by atoms with E-state index >= 15 is 0 Å². The number of rotatable bonds is 5. The molecule has 23 heavy (non-hydrogen) atoms. The normalized spacial score (nSPS) is 10.8. The van der Waals surface area contributed by atoms with Gasteiger partial charge in [0.05, 0.1) is 27.8 Å². The van der Waals surface area contributed by atoms with E-state index in [0.29, 0.717) is 17.9 Å². The van der Waals surface area contributed by atoms with Gasteiger partial charge < -0.3 is 4.90 Å². The van der Waals surface area contributed by atoms with Crippen LogP contribution in [0.2, 0.25) is 0 Å². The van der Waals surface area contributed by atoms with Crippen LogP contribution >= 0.6 is 15.9 Å². The first kappa shape index (κ1) is 17.1. The van der Waals surface area contributed by atoms with Crippen molar-refractivity contribution < 1.29 is 9.72 Å². The number of hydrogen-bond acceptors (Lipinski definition) is 5. The maximum absolute atomic E-state index is 12.4. The molecule has 2 aromatic heterocycles. The molecular formula is C13H17BrN6O3. The molecule has 2 aromatic rings. The van der Waals surface area contributed by atoms with Gasteiger partial charge in [-0.2, -0.15) is 10.2 Å². The molecule has 0 aliphatic heterocycles. The van der Waals surface area contributed by atoms with Crippen molar-refractivity contribution in [3.05, 3.63) is 37.9 Å². The number of carbonyl (C=O) groups excluding carboxylic acids is 1. The van der Waals surface area contributed by atoms with E-state index in [1.165, 1.54) is 9.58 Å². The van der Waals surface area contributed by atoms with Gasteiger partial charge in [0.15, 0.2) is 0 Å². The summed E-state index contributed by atoms with van der Waals surface area (Å²) >= 11 is 3.39. The number of nitro groups is 1. The molecule has 0 saturated heterocycles. The summed E-state index contributed by atoms with van der Waals surface area (Å²) in [5.41, 5.74) is 1.49. The van der Waals surface area contributed by atoms with Crippen molar-refractivity contribution >= 4 is 27.5 Å². The van der Waals surface area contributed by atoms with Crippen LogP contribution in [0.5, 0.6) is 0 Å². The summed E-state index contributed by atoms with van der Waals surface area (Å²) in [5, 5.41) is 19.2. The van der Waals surface area contributed by atoms with Crippen LogP contribution in [0.1, 0.15) is 17.1 Å². The lowest BCUT2D eigenvalue weighted by Crippen LogP contribution is -2.31. The fourth-order valence-corrected chi connectivity index (χ4v) is 2.75. The summed E-state index contributed by atoms with van der Waals surface area (Å²) in [4.78, 5) is 24.4. The fourth-order valence-electron chi connectivity index (χ4n) is 2.28. The van der Waals surface area contributed by atoms with Gasteiger partial charge in [-0.25, -0.2) is 0 Å². The molecule has 10 heteroatoms. The summed E-state index contributed by atoms with van der Waals surface area (Å²) in [5.74, 6) is -0.196. The van der Waals surface area contributed by atoms with E-state index in [-0.39, 0.29) is 18.1 Å². The van der Waals surface area contributed by atoms with Crippen molar-refractivity contribution in [2.45, 2.75) is 26.9 Å². The van der Waals surface area contributed by atoms with Gasteiger partial charge in [0, 0.05) is 14.1 Å². The summed E-state index contributed by atoms with van der Waals surface area (Å²) in [7, 11) is 3.46. The lowest BCUT2D eigenvalue weighted by molar-refractivity contribution is -0.386. The Bertz CT molecular complexity index is 747. The summed E-state index contributed by atoms with van der Waals surface area (Å²) in [6.45, 7) is 3.47. The number of aromatic nitrogens is 4. The predicted molar refractivity (Wildman–Crippen MR) is 85.7 cm³/mol. The minimum atomic E-state index is -0.477. The molecule has 0 fully saturated rings. The van der Waals surface area contributed by atoms with Crippen molar-refractivity contribution in [2.24, 2.45) is 7.05 Å². The molecule has 0 radical (unpaired) electrons. The number of nitrogens with zero attached hydrogens (tertiary/aromatic N) is 6. The van der Waals surface area contributed by atoms with Gasteiger partial charge in [-0.3, -0.25) is 24.3 Å². The van der Waals surface area contributed by atoms with Crippen LogP contribution < -0.4 is 0 Å². The lowest BCUT2D eigenvalue weighted by atomic mass is 10.3. The zero-order valence-electron chi connectivity index (χ0n) is 13.3. The predicted octanol–water partition coefficient (Wildman–Crippen LogP) is 1.56. The smallest absolute Gasteiger partial charge is 0.312 e. The number of halogens is 1. The van der Waals surface area contributed by atoms with Crippen LogP contribution in [-0.4, -0.2) is 42.3 Å². The Morgan fingerprint density at radius 3 is 2.61 bits per heavy atom. The van der Waals surface area contributed by atoms with E-state index in [1.54, 1.807) is 38.8 Å². The highest BCUT2D eigenvalue weighted by Crippen LogP contribution is 2.22. The second-order valence-corrected chi connectivity index (χ2v) is 6.10. The van der Waals surface area contributed by atoms with E-state index in [2.05, 4.69) is 26.1 Å². The second-order valence-electron chi connectivity index (χ2n) is 5.25. The van der Waals surface area contributed by atoms with Crippen LogP contribution in [-0.2, 0) is 24.9 Å². The van der Waals surface area contributed by atoms with Gasteiger partial charge in [-0.15, -0.1) is 0 Å². The molecule has 0 atom stereocenters. The number of likely N-dealkylation sites (N-methyl/N-ethyl adjacent to an activating group) is 1. The number of hydrogen-bond donors (Lipinski definition) is 0. The zero-order chi connectivity index (χ0) is 17.3. The molecule has 2 heterocycles. The van der Waals surface area contributed by atoms with Crippen LogP contribution in [0.15, 0.2) is 10.7 Å². The highest BCUT2D eigenvalue weighted by molar-refractivity contribution is 9.10. The van der Waals surface area contributed by atoms with E-state index in [9.17, 15) is 14.9 Å².